The van der Waals surface area contributed by atoms with Crippen LogP contribution < -0.4 is 5.73 Å². The summed E-state index contributed by atoms with van der Waals surface area (Å²) < 4.78 is 0. The van der Waals surface area contributed by atoms with Gasteiger partial charge in [-0.2, -0.15) is 0 Å². The van der Waals surface area contributed by atoms with Crippen LogP contribution in [0.5, 0.6) is 0 Å². The molecule has 0 aromatic rings. The molecular weight excluding hydrogens is 122 g/mol. The molecule has 0 amide bonds. The quantitative estimate of drug-likeness (QED) is 0.584. The first kappa shape index (κ1) is 5.59. The van der Waals surface area contributed by atoms with Gasteiger partial charge < -0.3 is 5.73 Å². The summed E-state index contributed by atoms with van der Waals surface area (Å²) in [4.78, 5) is 0. The third-order valence-corrected chi connectivity index (χ3v) is 4.44. The van der Waals surface area contributed by atoms with Crippen molar-refractivity contribution < 1.29 is 0 Å². The van der Waals surface area contributed by atoms with Gasteiger partial charge in [0.05, 0.1) is 0 Å². The molecule has 3 rings (SSSR count). The van der Waals surface area contributed by atoms with Crippen molar-refractivity contribution in [3.63, 3.8) is 0 Å². The van der Waals surface area contributed by atoms with Gasteiger partial charge in [0.15, 0.2) is 0 Å². The second-order valence-corrected chi connectivity index (χ2v) is 4.59. The van der Waals surface area contributed by atoms with Crippen LogP contribution in [0.3, 0.4) is 0 Å². The predicted octanol–water partition coefficient (Wildman–Crippen LogP) is 1.67. The van der Waals surface area contributed by atoms with Crippen molar-refractivity contribution in [1.82, 2.24) is 0 Å². The highest BCUT2D eigenvalue weighted by Gasteiger charge is 2.67. The second-order valence-electron chi connectivity index (χ2n) is 4.59. The van der Waals surface area contributed by atoms with Crippen LogP contribution in [-0.2, 0) is 0 Å². The molecule has 0 saturated heterocycles. The second kappa shape index (κ2) is 1.29. The summed E-state index contributed by atoms with van der Waals surface area (Å²) in [5, 5.41) is 0. The summed E-state index contributed by atoms with van der Waals surface area (Å²) in [6.45, 7) is 0. The van der Waals surface area contributed by atoms with Crippen LogP contribution in [0.1, 0.15) is 38.5 Å². The van der Waals surface area contributed by atoms with E-state index in [0.29, 0.717) is 11.0 Å². The van der Waals surface area contributed by atoms with E-state index in [1.807, 2.05) is 0 Å². The Bertz CT molecular complexity index is 173. The van der Waals surface area contributed by atoms with Crippen LogP contribution in [0.2, 0.25) is 0 Å². The van der Waals surface area contributed by atoms with E-state index in [0.717, 1.165) is 5.92 Å². The maximum absolute atomic E-state index is 6.23. The molecule has 3 saturated carbocycles. The molecule has 1 heteroatoms. The minimum Gasteiger partial charge on any atom is -0.325 e. The molecule has 3 fully saturated rings. The first-order valence-electron chi connectivity index (χ1n) is 4.56. The Kier molecular flexibility index (Phi) is 0.722. The molecule has 0 aromatic heterocycles. The van der Waals surface area contributed by atoms with Crippen molar-refractivity contribution in [1.29, 1.82) is 0 Å². The molecule has 0 atom stereocenters. The van der Waals surface area contributed by atoms with Crippen molar-refractivity contribution in [2.75, 3.05) is 0 Å². The van der Waals surface area contributed by atoms with E-state index in [9.17, 15) is 0 Å². The first-order valence-corrected chi connectivity index (χ1v) is 4.56. The van der Waals surface area contributed by atoms with Crippen molar-refractivity contribution in [3.05, 3.63) is 0 Å². The summed E-state index contributed by atoms with van der Waals surface area (Å²) in [7, 11) is 0. The third-order valence-electron chi connectivity index (χ3n) is 4.44. The van der Waals surface area contributed by atoms with Crippen molar-refractivity contribution in [2.24, 2.45) is 17.1 Å². The van der Waals surface area contributed by atoms with E-state index in [2.05, 4.69) is 0 Å². The number of nitrogens with two attached hydrogens (primary N) is 1. The molecule has 3 aliphatic rings. The van der Waals surface area contributed by atoms with Crippen LogP contribution in [0, 0.1) is 11.3 Å². The molecule has 0 aromatic carbocycles. The molecule has 0 spiro atoms. The predicted molar refractivity (Wildman–Crippen MR) is 40.5 cm³/mol. The fraction of sp³-hybridized carbons (Fsp3) is 1.00. The highest BCUT2D eigenvalue weighted by Crippen LogP contribution is 2.71. The van der Waals surface area contributed by atoms with Gasteiger partial charge in [-0.1, -0.05) is 0 Å². The van der Waals surface area contributed by atoms with Gasteiger partial charge in [-0.15, -0.1) is 0 Å². The third kappa shape index (κ3) is 0.378. The van der Waals surface area contributed by atoms with Crippen LogP contribution in [0.4, 0.5) is 0 Å². The van der Waals surface area contributed by atoms with Crippen molar-refractivity contribution in [3.8, 4) is 0 Å². The SMILES string of the molecule is NC1(C23CCC2CC3)CC1. The zero-order chi connectivity index (χ0) is 6.82. The van der Waals surface area contributed by atoms with Gasteiger partial charge in [0.25, 0.3) is 0 Å². The lowest BCUT2D eigenvalue weighted by molar-refractivity contribution is -0.104. The van der Waals surface area contributed by atoms with Crippen LogP contribution >= 0.6 is 0 Å². The lowest BCUT2D eigenvalue weighted by atomic mass is 9.44. The van der Waals surface area contributed by atoms with Crippen LogP contribution in [0.25, 0.3) is 0 Å². The molecule has 0 aliphatic heterocycles. The summed E-state index contributed by atoms with van der Waals surface area (Å²) in [6, 6.07) is 0. The molecule has 0 unspecified atom stereocenters. The molecule has 1 nitrogen and oxygen atoms in total. The summed E-state index contributed by atoms with van der Waals surface area (Å²) in [6.07, 6.45) is 8.52. The van der Waals surface area contributed by atoms with Gasteiger partial charge >= 0.3 is 0 Å². The highest BCUT2D eigenvalue weighted by molar-refractivity contribution is 5.22. The normalized spacial score (nSPS) is 54.3. The van der Waals surface area contributed by atoms with E-state index in [-0.39, 0.29) is 0 Å². The Balaban J connectivity index is 1.91. The van der Waals surface area contributed by atoms with E-state index < -0.39 is 0 Å². The zero-order valence-electron chi connectivity index (χ0n) is 6.40. The van der Waals surface area contributed by atoms with Gasteiger partial charge in [0.1, 0.15) is 0 Å². The van der Waals surface area contributed by atoms with Crippen molar-refractivity contribution in [2.45, 2.75) is 44.1 Å². The fourth-order valence-corrected chi connectivity index (χ4v) is 3.20. The van der Waals surface area contributed by atoms with Crippen LogP contribution in [-0.4, -0.2) is 5.54 Å². The maximum Gasteiger partial charge on any atom is 0.0215 e. The standard InChI is InChI=1S/C9H15N/c10-9(5-6-9)8-3-1-7(8)2-4-8/h7H,1-6,10H2. The Hall–Kier alpha value is -0.0400. The smallest absolute Gasteiger partial charge is 0.0215 e. The number of fused-ring (bicyclic) bond motifs is 1. The largest absolute Gasteiger partial charge is 0.325 e. The lowest BCUT2D eigenvalue weighted by Crippen LogP contribution is -2.61. The molecular formula is C9H15N. The topological polar surface area (TPSA) is 26.0 Å². The Morgan fingerprint density at radius 1 is 1.00 bits per heavy atom. The van der Waals surface area contributed by atoms with E-state index in [4.69, 9.17) is 5.73 Å². The van der Waals surface area contributed by atoms with Gasteiger partial charge in [-0.25, -0.2) is 0 Å². The van der Waals surface area contributed by atoms with Gasteiger partial charge in [0.2, 0.25) is 0 Å². The molecule has 3 aliphatic carbocycles. The number of hydrogen-bond acceptors (Lipinski definition) is 1. The van der Waals surface area contributed by atoms with E-state index in [1.165, 1.54) is 38.5 Å². The zero-order valence-corrected chi connectivity index (χ0v) is 6.40. The molecule has 2 N–H and O–H groups in total. The molecule has 0 heterocycles. The van der Waals surface area contributed by atoms with Crippen LogP contribution in [0.15, 0.2) is 0 Å². The summed E-state index contributed by atoms with van der Waals surface area (Å²) in [5.74, 6) is 1.06. The molecule has 0 radical (unpaired) electrons. The minimum atomic E-state index is 0.341. The van der Waals surface area contributed by atoms with Gasteiger partial charge in [-0.3, -0.25) is 0 Å². The average molecular weight is 137 g/mol. The van der Waals surface area contributed by atoms with E-state index >= 15 is 0 Å². The fourth-order valence-electron chi connectivity index (χ4n) is 3.20. The molecule has 10 heavy (non-hydrogen) atoms. The Labute approximate surface area is 62.0 Å². The molecule has 56 valence electrons. The Morgan fingerprint density at radius 2 is 1.60 bits per heavy atom. The first-order chi connectivity index (χ1) is 4.77. The van der Waals surface area contributed by atoms with Crippen molar-refractivity contribution >= 4 is 0 Å². The van der Waals surface area contributed by atoms with Gasteiger partial charge in [0, 0.05) is 5.54 Å². The minimum absolute atomic E-state index is 0.341. The maximum atomic E-state index is 6.23. The van der Waals surface area contributed by atoms with E-state index in [1.54, 1.807) is 0 Å². The lowest BCUT2D eigenvalue weighted by Gasteiger charge is -2.62. The number of rotatable bonds is 1. The van der Waals surface area contributed by atoms with Gasteiger partial charge in [-0.05, 0) is 49.9 Å². The highest BCUT2D eigenvalue weighted by atomic mass is 14.9. The average Bonchev–Trinajstić information content (AvgIpc) is 2.59. The summed E-state index contributed by atoms with van der Waals surface area (Å²) >= 11 is 0. The Morgan fingerprint density at radius 3 is 1.70 bits per heavy atom. The molecule has 0 bridgehead atoms. The summed E-state index contributed by atoms with van der Waals surface area (Å²) in [5.41, 5.74) is 7.26. The monoisotopic (exact) mass is 137 g/mol. The number of hydrogen-bond donors (Lipinski definition) is 1.